The highest BCUT2D eigenvalue weighted by molar-refractivity contribution is 5.95. The predicted molar refractivity (Wildman–Crippen MR) is 73.3 cm³/mol. The molecule has 0 saturated carbocycles. The van der Waals surface area contributed by atoms with E-state index in [2.05, 4.69) is 19.6 Å². The van der Waals surface area contributed by atoms with Crippen LogP contribution in [0.4, 0.5) is 4.79 Å². The SMILES string of the molecule is COc1cccc(OC)c1C(=O)OOOC(=O)OCC(C)C. The molecule has 0 aromatic heterocycles. The number of ether oxygens (including phenoxy) is 3. The topological polar surface area (TPSA) is 89.5 Å². The lowest BCUT2D eigenvalue weighted by molar-refractivity contribution is -0.452. The summed E-state index contributed by atoms with van der Waals surface area (Å²) >= 11 is 0. The molecule has 0 saturated heterocycles. The average molecular weight is 314 g/mol. The van der Waals surface area contributed by atoms with Gasteiger partial charge in [-0.15, -0.1) is 0 Å². The number of carbonyl (C=O) groups excluding carboxylic acids is 2. The quantitative estimate of drug-likeness (QED) is 0.431. The third-order valence-electron chi connectivity index (χ3n) is 2.38. The second-order valence-corrected chi connectivity index (χ2v) is 4.51. The van der Waals surface area contributed by atoms with E-state index in [-0.39, 0.29) is 29.6 Å². The highest BCUT2D eigenvalue weighted by Crippen LogP contribution is 2.28. The summed E-state index contributed by atoms with van der Waals surface area (Å²) in [5.74, 6) is -0.385. The lowest BCUT2D eigenvalue weighted by atomic mass is 10.2. The molecule has 0 aliphatic carbocycles. The van der Waals surface area contributed by atoms with Gasteiger partial charge in [0.05, 0.1) is 25.9 Å². The fourth-order valence-electron chi connectivity index (χ4n) is 1.43. The van der Waals surface area contributed by atoms with E-state index < -0.39 is 12.1 Å². The molecule has 0 fully saturated rings. The standard InChI is InChI=1S/C14H18O8/c1-9(2)8-19-14(16)21-22-20-13(15)12-10(17-3)6-5-7-11(12)18-4/h5-7,9H,8H2,1-4H3. The molecule has 1 aromatic carbocycles. The molecule has 0 heterocycles. The van der Waals surface area contributed by atoms with Gasteiger partial charge < -0.3 is 14.2 Å². The van der Waals surface area contributed by atoms with Crippen molar-refractivity contribution in [2.45, 2.75) is 13.8 Å². The van der Waals surface area contributed by atoms with Crippen molar-refractivity contribution in [2.24, 2.45) is 5.92 Å². The molecule has 0 atom stereocenters. The van der Waals surface area contributed by atoms with Gasteiger partial charge in [0, 0.05) is 0 Å². The molecule has 1 aromatic rings. The summed E-state index contributed by atoms with van der Waals surface area (Å²) in [6, 6.07) is 4.71. The predicted octanol–water partition coefficient (Wildman–Crippen LogP) is 2.52. The number of hydrogen-bond acceptors (Lipinski definition) is 8. The van der Waals surface area contributed by atoms with Crippen LogP contribution in [0, 0.1) is 5.92 Å². The van der Waals surface area contributed by atoms with Crippen LogP contribution in [0.5, 0.6) is 11.5 Å². The first kappa shape index (κ1) is 17.6. The summed E-state index contributed by atoms with van der Waals surface area (Å²) in [5.41, 5.74) is -0.00773. The molecular weight excluding hydrogens is 296 g/mol. The molecule has 1 rings (SSSR count). The van der Waals surface area contributed by atoms with E-state index in [9.17, 15) is 9.59 Å². The normalized spacial score (nSPS) is 10.0. The fraction of sp³-hybridized carbons (Fsp3) is 0.429. The monoisotopic (exact) mass is 314 g/mol. The van der Waals surface area contributed by atoms with Crippen LogP contribution < -0.4 is 9.47 Å². The lowest BCUT2D eigenvalue weighted by Crippen LogP contribution is -2.15. The van der Waals surface area contributed by atoms with Crippen molar-refractivity contribution in [3.05, 3.63) is 23.8 Å². The summed E-state index contributed by atoms with van der Waals surface area (Å²) in [6.07, 6.45) is -1.12. The molecule has 8 heteroatoms. The molecule has 0 N–H and O–H groups in total. The largest absolute Gasteiger partial charge is 0.543 e. The van der Waals surface area contributed by atoms with Crippen LogP contribution in [0.1, 0.15) is 24.2 Å². The maximum atomic E-state index is 11.9. The van der Waals surface area contributed by atoms with Crippen LogP contribution in [0.25, 0.3) is 0 Å². The van der Waals surface area contributed by atoms with Gasteiger partial charge >= 0.3 is 12.1 Å². The van der Waals surface area contributed by atoms with Crippen LogP contribution in [0.15, 0.2) is 18.2 Å². The van der Waals surface area contributed by atoms with Crippen LogP contribution in [-0.4, -0.2) is 33.0 Å². The van der Waals surface area contributed by atoms with Gasteiger partial charge in [0.15, 0.2) is 0 Å². The minimum atomic E-state index is -1.12. The summed E-state index contributed by atoms with van der Waals surface area (Å²) in [6.45, 7) is 3.85. The van der Waals surface area contributed by atoms with Crippen LogP contribution in [-0.2, 0) is 19.6 Å². The number of benzene rings is 1. The Morgan fingerprint density at radius 2 is 1.64 bits per heavy atom. The second-order valence-electron chi connectivity index (χ2n) is 4.51. The minimum Gasteiger partial charge on any atom is -0.496 e. The van der Waals surface area contributed by atoms with E-state index in [1.54, 1.807) is 6.07 Å². The number of hydrogen-bond donors (Lipinski definition) is 0. The molecule has 0 bridgehead atoms. The molecule has 0 amide bonds. The van der Waals surface area contributed by atoms with Gasteiger partial charge in [-0.25, -0.2) is 14.5 Å². The number of rotatable bonds is 7. The Morgan fingerprint density at radius 3 is 2.14 bits per heavy atom. The van der Waals surface area contributed by atoms with E-state index in [1.807, 2.05) is 13.8 Å². The van der Waals surface area contributed by atoms with E-state index >= 15 is 0 Å². The molecule has 122 valence electrons. The Labute approximate surface area is 127 Å². The van der Waals surface area contributed by atoms with E-state index in [0.717, 1.165) is 0 Å². The summed E-state index contributed by atoms with van der Waals surface area (Å²) in [7, 11) is 2.76. The van der Waals surface area contributed by atoms with Gasteiger partial charge in [-0.3, -0.25) is 4.89 Å². The number of methoxy groups -OCH3 is 2. The Morgan fingerprint density at radius 1 is 1.05 bits per heavy atom. The molecule has 0 unspecified atom stereocenters. The van der Waals surface area contributed by atoms with Gasteiger partial charge in [-0.1, -0.05) is 19.9 Å². The minimum absolute atomic E-state index is 0.00773. The maximum Gasteiger partial charge on any atom is 0.543 e. The third-order valence-corrected chi connectivity index (χ3v) is 2.38. The van der Waals surface area contributed by atoms with E-state index in [1.165, 1.54) is 26.4 Å². The summed E-state index contributed by atoms with van der Waals surface area (Å²) < 4.78 is 14.7. The summed E-state index contributed by atoms with van der Waals surface area (Å²) in [4.78, 5) is 31.5. The molecule has 8 nitrogen and oxygen atoms in total. The van der Waals surface area contributed by atoms with Crippen molar-refractivity contribution < 1.29 is 38.6 Å². The highest BCUT2D eigenvalue weighted by atomic mass is 17.5. The Kier molecular flexibility index (Phi) is 6.97. The average Bonchev–Trinajstić information content (AvgIpc) is 2.51. The van der Waals surface area contributed by atoms with Crippen molar-refractivity contribution >= 4 is 12.1 Å². The molecule has 22 heavy (non-hydrogen) atoms. The van der Waals surface area contributed by atoms with E-state index in [0.29, 0.717) is 0 Å². The summed E-state index contributed by atoms with van der Waals surface area (Å²) in [5, 5.41) is 4.11. The molecule has 0 aliphatic rings. The van der Waals surface area contributed by atoms with Crippen molar-refractivity contribution in [1.29, 1.82) is 0 Å². The molecular formula is C14H18O8. The zero-order valence-electron chi connectivity index (χ0n) is 12.8. The van der Waals surface area contributed by atoms with Gasteiger partial charge in [-0.2, -0.15) is 0 Å². The number of carbonyl (C=O) groups is 2. The van der Waals surface area contributed by atoms with Crippen molar-refractivity contribution in [2.75, 3.05) is 20.8 Å². The van der Waals surface area contributed by atoms with Crippen LogP contribution in [0.3, 0.4) is 0 Å². The van der Waals surface area contributed by atoms with Crippen molar-refractivity contribution in [1.82, 2.24) is 0 Å². The lowest BCUT2D eigenvalue weighted by Gasteiger charge is -2.10. The van der Waals surface area contributed by atoms with Gasteiger partial charge in [-0.05, 0) is 18.1 Å². The van der Waals surface area contributed by atoms with Crippen molar-refractivity contribution in [3.8, 4) is 11.5 Å². The van der Waals surface area contributed by atoms with Gasteiger partial charge in [0.2, 0.25) is 0 Å². The zero-order valence-corrected chi connectivity index (χ0v) is 12.8. The Hall–Kier alpha value is -2.48. The third kappa shape index (κ3) is 5.13. The second kappa shape index (κ2) is 8.73. The molecule has 0 radical (unpaired) electrons. The first-order valence-electron chi connectivity index (χ1n) is 6.42. The van der Waals surface area contributed by atoms with Crippen LogP contribution >= 0.6 is 0 Å². The van der Waals surface area contributed by atoms with E-state index in [4.69, 9.17) is 9.47 Å². The molecule has 0 spiro atoms. The van der Waals surface area contributed by atoms with Gasteiger partial charge in [0.1, 0.15) is 17.1 Å². The Balaban J connectivity index is 2.57. The zero-order chi connectivity index (χ0) is 16.5. The smallest absolute Gasteiger partial charge is 0.496 e. The maximum absolute atomic E-state index is 11.9. The van der Waals surface area contributed by atoms with Crippen molar-refractivity contribution in [3.63, 3.8) is 0 Å². The highest BCUT2D eigenvalue weighted by Gasteiger charge is 2.22. The Bertz CT molecular complexity index is 489. The first-order valence-corrected chi connectivity index (χ1v) is 6.42. The first-order chi connectivity index (χ1) is 10.5. The fourth-order valence-corrected chi connectivity index (χ4v) is 1.43. The van der Waals surface area contributed by atoms with Crippen LogP contribution in [0.2, 0.25) is 0 Å². The molecule has 0 aliphatic heterocycles. The van der Waals surface area contributed by atoms with Gasteiger partial charge in [0.25, 0.3) is 0 Å².